The molecular formula is C16H34O7Si. The van der Waals surface area contributed by atoms with Crippen molar-refractivity contribution in [3.63, 3.8) is 0 Å². The van der Waals surface area contributed by atoms with E-state index in [4.69, 9.17) is 14.3 Å². The summed E-state index contributed by atoms with van der Waals surface area (Å²) in [5, 5.41) is 49.4. The third kappa shape index (κ3) is 4.02. The Morgan fingerprint density at radius 1 is 0.875 bits per heavy atom. The van der Waals surface area contributed by atoms with Crippen molar-refractivity contribution in [2.75, 3.05) is 6.61 Å². The van der Waals surface area contributed by atoms with Crippen LogP contribution in [0.1, 0.15) is 41.5 Å². The second-order valence-electron chi connectivity index (χ2n) is 7.63. The van der Waals surface area contributed by atoms with Crippen molar-refractivity contribution in [2.45, 2.75) is 95.0 Å². The largest absolute Gasteiger partial charge is 0.394 e. The Bertz CT molecular complexity index is 369. The Kier molecular flexibility index (Phi) is 7.83. The van der Waals surface area contributed by atoms with Gasteiger partial charge in [0.05, 0.1) is 6.61 Å². The van der Waals surface area contributed by atoms with E-state index >= 15 is 0 Å². The lowest BCUT2D eigenvalue weighted by atomic mass is 9.96. The highest BCUT2D eigenvalue weighted by atomic mass is 28.4. The van der Waals surface area contributed by atoms with Gasteiger partial charge in [-0.15, -0.1) is 0 Å². The molecule has 0 aromatic rings. The van der Waals surface area contributed by atoms with Gasteiger partial charge in [0.25, 0.3) is 0 Å². The van der Waals surface area contributed by atoms with Gasteiger partial charge in [0.1, 0.15) is 30.5 Å². The number of aliphatic hydroxyl groups is 5. The van der Waals surface area contributed by atoms with Crippen molar-refractivity contribution in [1.29, 1.82) is 0 Å². The number of aliphatic hydroxyl groups excluding tert-OH is 5. The predicted octanol–water partition coefficient (Wildman–Crippen LogP) is 0.339. The van der Waals surface area contributed by atoms with Crippen LogP contribution in [-0.4, -0.2) is 77.3 Å². The van der Waals surface area contributed by atoms with E-state index in [0.29, 0.717) is 0 Å². The summed E-state index contributed by atoms with van der Waals surface area (Å²) < 4.78 is 11.9. The molecule has 1 aliphatic rings. The minimum absolute atomic E-state index is 0.235. The van der Waals surface area contributed by atoms with E-state index in [1.807, 2.05) is 0 Å². The fraction of sp³-hybridized carbons (Fsp3) is 1.00. The molecule has 6 atom stereocenters. The number of hydrogen-bond donors (Lipinski definition) is 5. The van der Waals surface area contributed by atoms with Gasteiger partial charge in [0.2, 0.25) is 8.32 Å². The molecule has 0 aromatic carbocycles. The Balaban J connectivity index is 3.13. The fourth-order valence-corrected chi connectivity index (χ4v) is 9.42. The van der Waals surface area contributed by atoms with Crippen LogP contribution in [0.2, 0.25) is 16.6 Å². The molecule has 0 aromatic heterocycles. The maximum absolute atomic E-state index is 10.3. The molecule has 1 fully saturated rings. The van der Waals surface area contributed by atoms with E-state index in [1.54, 1.807) is 0 Å². The van der Waals surface area contributed by atoms with Crippen LogP contribution in [0.4, 0.5) is 0 Å². The number of hydrogen-bond acceptors (Lipinski definition) is 7. The first-order valence-corrected chi connectivity index (χ1v) is 10.8. The molecule has 7 nitrogen and oxygen atoms in total. The molecule has 144 valence electrons. The van der Waals surface area contributed by atoms with Crippen LogP contribution in [0.3, 0.4) is 0 Å². The fourth-order valence-electron chi connectivity index (χ4n) is 4.00. The van der Waals surface area contributed by atoms with Gasteiger partial charge in [-0.25, -0.2) is 0 Å². The molecule has 0 spiro atoms. The predicted molar refractivity (Wildman–Crippen MR) is 91.9 cm³/mol. The minimum Gasteiger partial charge on any atom is -0.394 e. The number of rotatable bonds is 7. The van der Waals surface area contributed by atoms with E-state index in [1.165, 1.54) is 0 Å². The lowest BCUT2D eigenvalue weighted by molar-refractivity contribution is -0.293. The molecule has 0 unspecified atom stereocenters. The minimum atomic E-state index is -2.40. The molecule has 0 amide bonds. The third-order valence-electron chi connectivity index (χ3n) is 5.20. The summed E-state index contributed by atoms with van der Waals surface area (Å²) in [6.45, 7) is 11.8. The summed E-state index contributed by atoms with van der Waals surface area (Å²) in [7, 11) is -2.40. The Morgan fingerprint density at radius 3 is 1.71 bits per heavy atom. The first-order valence-electron chi connectivity index (χ1n) is 8.67. The van der Waals surface area contributed by atoms with Crippen LogP contribution < -0.4 is 0 Å². The van der Waals surface area contributed by atoms with Gasteiger partial charge in [-0.2, -0.15) is 0 Å². The zero-order chi connectivity index (χ0) is 18.8. The van der Waals surface area contributed by atoms with Crippen LogP contribution >= 0.6 is 0 Å². The summed E-state index contributed by atoms with van der Waals surface area (Å²) >= 11 is 0. The van der Waals surface area contributed by atoms with Crippen molar-refractivity contribution in [2.24, 2.45) is 0 Å². The van der Waals surface area contributed by atoms with Crippen molar-refractivity contribution in [1.82, 2.24) is 0 Å². The van der Waals surface area contributed by atoms with Crippen LogP contribution in [0.25, 0.3) is 0 Å². The van der Waals surface area contributed by atoms with E-state index in [-0.39, 0.29) is 16.6 Å². The average Bonchev–Trinajstić information content (AvgIpc) is 2.50. The molecule has 0 aliphatic carbocycles. The maximum Gasteiger partial charge on any atom is 0.203 e. The molecule has 0 saturated carbocycles. The maximum atomic E-state index is 10.3. The van der Waals surface area contributed by atoms with E-state index in [2.05, 4.69) is 41.5 Å². The highest BCUT2D eigenvalue weighted by molar-refractivity contribution is 6.77. The smallest absolute Gasteiger partial charge is 0.203 e. The summed E-state index contributed by atoms with van der Waals surface area (Å²) in [6, 6.07) is 0. The zero-order valence-electron chi connectivity index (χ0n) is 15.5. The standard InChI is InChI=1S/C16H34O7Si/c1-8(2)24(9(3)4,10(5)6)23-16-14(21)12(19)13(20)15(22-16)11(18)7-17/h8-21H,7H2,1-6H3/t11-,12+,13+,14+,15-,16-/m1/s1. The zero-order valence-corrected chi connectivity index (χ0v) is 16.5. The topological polar surface area (TPSA) is 120 Å². The molecule has 24 heavy (non-hydrogen) atoms. The second kappa shape index (κ2) is 8.55. The summed E-state index contributed by atoms with van der Waals surface area (Å²) in [6.07, 6.45) is -8.21. The van der Waals surface area contributed by atoms with Crippen LogP contribution in [0.15, 0.2) is 0 Å². The highest BCUT2D eigenvalue weighted by Gasteiger charge is 2.53. The lowest BCUT2D eigenvalue weighted by Crippen LogP contribution is -2.64. The molecule has 1 heterocycles. The van der Waals surface area contributed by atoms with Crippen molar-refractivity contribution in [3.8, 4) is 0 Å². The second-order valence-corrected chi connectivity index (χ2v) is 13.0. The Hall–Kier alpha value is -0.0631. The SMILES string of the molecule is CC(C)[Si](O[C@H]1O[C@H]([C@H](O)CO)[C@@H](O)[C@H](O)[C@@H]1O)(C(C)C)C(C)C. The van der Waals surface area contributed by atoms with Crippen LogP contribution in [0.5, 0.6) is 0 Å². The summed E-state index contributed by atoms with van der Waals surface area (Å²) in [5.41, 5.74) is 0.704. The van der Waals surface area contributed by atoms with Gasteiger partial charge in [0, 0.05) is 0 Å². The van der Waals surface area contributed by atoms with Crippen molar-refractivity contribution in [3.05, 3.63) is 0 Å². The Labute approximate surface area is 145 Å². The highest BCUT2D eigenvalue weighted by Crippen LogP contribution is 2.44. The van der Waals surface area contributed by atoms with Gasteiger partial charge in [-0.05, 0) is 16.6 Å². The molecule has 8 heteroatoms. The molecule has 0 radical (unpaired) electrons. The molecule has 1 aliphatic heterocycles. The first-order chi connectivity index (χ1) is 11.0. The quantitative estimate of drug-likeness (QED) is 0.412. The molecule has 1 saturated heterocycles. The summed E-state index contributed by atoms with van der Waals surface area (Å²) in [4.78, 5) is 0. The normalized spacial score (nSPS) is 33.5. The van der Waals surface area contributed by atoms with Gasteiger partial charge in [-0.1, -0.05) is 41.5 Å². The van der Waals surface area contributed by atoms with Gasteiger partial charge in [0.15, 0.2) is 6.29 Å². The van der Waals surface area contributed by atoms with E-state index < -0.39 is 51.7 Å². The lowest BCUT2D eigenvalue weighted by Gasteiger charge is -2.49. The monoisotopic (exact) mass is 366 g/mol. The van der Waals surface area contributed by atoms with Gasteiger partial charge < -0.3 is 34.7 Å². The Morgan fingerprint density at radius 2 is 1.33 bits per heavy atom. The van der Waals surface area contributed by atoms with Crippen LogP contribution in [-0.2, 0) is 9.16 Å². The molecular weight excluding hydrogens is 332 g/mol. The average molecular weight is 367 g/mol. The van der Waals surface area contributed by atoms with Gasteiger partial charge >= 0.3 is 0 Å². The molecule has 5 N–H and O–H groups in total. The van der Waals surface area contributed by atoms with Gasteiger partial charge in [-0.3, -0.25) is 0 Å². The number of ether oxygens (including phenoxy) is 1. The summed E-state index contributed by atoms with van der Waals surface area (Å²) in [5.74, 6) is 0. The first kappa shape index (κ1) is 22.0. The van der Waals surface area contributed by atoms with E-state index in [0.717, 1.165) is 0 Å². The van der Waals surface area contributed by atoms with E-state index in [9.17, 15) is 20.4 Å². The van der Waals surface area contributed by atoms with Crippen molar-refractivity contribution < 1.29 is 34.7 Å². The van der Waals surface area contributed by atoms with Crippen LogP contribution in [0, 0.1) is 0 Å². The van der Waals surface area contributed by atoms with Crippen molar-refractivity contribution >= 4 is 8.32 Å². The molecule has 1 rings (SSSR count). The molecule has 0 bridgehead atoms. The third-order valence-corrected chi connectivity index (χ3v) is 11.3.